The number of halogens is 3. The van der Waals surface area contributed by atoms with E-state index in [0.29, 0.717) is 11.0 Å². The van der Waals surface area contributed by atoms with Crippen molar-refractivity contribution in [3.8, 4) is 0 Å². The van der Waals surface area contributed by atoms with Crippen LogP contribution in [-0.2, 0) is 28.8 Å². The molecule has 1 N–H and O–H groups in total. The molecule has 4 aromatic rings. The number of nitrogens with one attached hydrogen (secondary N) is 1. The first-order valence-electron chi connectivity index (χ1n) is 13.1. The Morgan fingerprint density at radius 1 is 0.952 bits per heavy atom. The largest absolute Gasteiger partial charge is 0.464 e. The van der Waals surface area contributed by atoms with E-state index in [0.717, 1.165) is 28.2 Å². The number of carbonyl (C=O) groups is 2. The zero-order valence-electron chi connectivity index (χ0n) is 23.1. The summed E-state index contributed by atoms with van der Waals surface area (Å²) in [5.41, 5.74) is 1.09. The van der Waals surface area contributed by atoms with Gasteiger partial charge in [0, 0.05) is 25.9 Å². The normalized spacial score (nSPS) is 11.4. The smallest absolute Gasteiger partial charge is 0.416 e. The average Bonchev–Trinajstić information content (AvgIpc) is 2.96. The number of ether oxygens (including phenoxy) is 1. The number of alkyl halides is 3. The van der Waals surface area contributed by atoms with Gasteiger partial charge in [0.05, 0.1) is 35.9 Å². The summed E-state index contributed by atoms with van der Waals surface area (Å²) in [6, 6.07) is 17.8. The van der Waals surface area contributed by atoms with Gasteiger partial charge in [0.25, 0.3) is 0 Å². The Morgan fingerprint density at radius 3 is 2.43 bits per heavy atom. The monoisotopic (exact) mass is 581 g/mol. The highest BCUT2D eigenvalue weighted by molar-refractivity contribution is 5.92. The summed E-state index contributed by atoms with van der Waals surface area (Å²) in [5.74, 6) is -0.488. The summed E-state index contributed by atoms with van der Waals surface area (Å²) < 4.78 is 50.3. The predicted molar refractivity (Wildman–Crippen MR) is 152 cm³/mol. The fourth-order valence-corrected chi connectivity index (χ4v) is 4.33. The van der Waals surface area contributed by atoms with Crippen molar-refractivity contribution in [2.75, 3.05) is 32.1 Å². The van der Waals surface area contributed by atoms with Crippen LogP contribution in [0.15, 0.2) is 88.3 Å². The number of carbonyl (C=O) groups excluding carboxylic acids is 2. The molecule has 0 aliphatic rings. The second-order valence-corrected chi connectivity index (χ2v) is 9.75. The lowest BCUT2D eigenvalue weighted by Gasteiger charge is -2.28. The Morgan fingerprint density at radius 2 is 1.71 bits per heavy atom. The molecule has 0 fully saturated rings. The SMILES string of the molecule is COCCN(CC(=O)N(Cc1ccccc1)Cc1coc2ccc(C)cc2c1=O)C(=O)Nc1cccc(C(F)(F)F)c1. The second kappa shape index (κ2) is 13.3. The Bertz CT molecular complexity index is 1610. The van der Waals surface area contributed by atoms with E-state index in [2.05, 4.69) is 5.32 Å². The minimum atomic E-state index is -4.58. The summed E-state index contributed by atoms with van der Waals surface area (Å²) in [6.07, 6.45) is -3.26. The van der Waals surface area contributed by atoms with Crippen molar-refractivity contribution in [2.45, 2.75) is 26.2 Å². The third kappa shape index (κ3) is 7.76. The Labute approximate surface area is 240 Å². The van der Waals surface area contributed by atoms with Gasteiger partial charge in [0.2, 0.25) is 5.91 Å². The lowest BCUT2D eigenvalue weighted by atomic mass is 10.1. The standard InChI is InChI=1S/C31H30F3N3O5/c1-21-11-12-27-26(15-21)29(39)23(20-42-27)18-37(17-22-7-4-3-5-8-22)28(38)19-36(13-14-41-2)30(40)35-25-10-6-9-24(16-25)31(32,33)34/h3-12,15-16,20H,13-14,17-19H2,1-2H3,(H,35,40). The molecule has 42 heavy (non-hydrogen) atoms. The number of nitrogens with zero attached hydrogens (tertiary/aromatic N) is 2. The third-order valence-corrected chi connectivity index (χ3v) is 6.55. The fraction of sp³-hybridized carbons (Fsp3) is 0.258. The molecule has 4 rings (SSSR count). The van der Waals surface area contributed by atoms with E-state index >= 15 is 0 Å². The Hall–Kier alpha value is -4.64. The van der Waals surface area contributed by atoms with Crippen molar-refractivity contribution < 1.29 is 31.9 Å². The molecule has 0 aliphatic carbocycles. The van der Waals surface area contributed by atoms with Crippen molar-refractivity contribution in [2.24, 2.45) is 0 Å². The predicted octanol–water partition coefficient (Wildman–Crippen LogP) is 5.83. The highest BCUT2D eigenvalue weighted by atomic mass is 19.4. The third-order valence-electron chi connectivity index (χ3n) is 6.55. The molecule has 8 nitrogen and oxygen atoms in total. The lowest BCUT2D eigenvalue weighted by Crippen LogP contribution is -2.45. The number of urea groups is 1. The number of hydrogen-bond donors (Lipinski definition) is 1. The number of benzene rings is 3. The van der Waals surface area contributed by atoms with E-state index in [1.807, 2.05) is 43.3 Å². The van der Waals surface area contributed by atoms with Gasteiger partial charge in [-0.1, -0.05) is 48.0 Å². The van der Waals surface area contributed by atoms with Crippen molar-refractivity contribution >= 4 is 28.6 Å². The number of aryl methyl sites for hydroxylation is 1. The summed E-state index contributed by atoms with van der Waals surface area (Å²) in [5, 5.41) is 2.83. The highest BCUT2D eigenvalue weighted by Gasteiger charge is 2.31. The van der Waals surface area contributed by atoms with Gasteiger partial charge in [-0.3, -0.25) is 9.59 Å². The van der Waals surface area contributed by atoms with Gasteiger partial charge in [-0.2, -0.15) is 13.2 Å². The van der Waals surface area contributed by atoms with Crippen LogP contribution in [0.5, 0.6) is 0 Å². The maximum Gasteiger partial charge on any atom is 0.416 e. The van der Waals surface area contributed by atoms with E-state index in [4.69, 9.17) is 9.15 Å². The summed E-state index contributed by atoms with van der Waals surface area (Å²) in [6.45, 7) is 1.56. The topological polar surface area (TPSA) is 92.1 Å². The maximum atomic E-state index is 13.7. The van der Waals surface area contributed by atoms with Crippen LogP contribution < -0.4 is 10.7 Å². The first kappa shape index (κ1) is 30.3. The van der Waals surface area contributed by atoms with E-state index in [1.165, 1.54) is 30.4 Å². The van der Waals surface area contributed by atoms with Gasteiger partial charge in [0.1, 0.15) is 12.1 Å². The molecule has 1 aromatic heterocycles. The van der Waals surface area contributed by atoms with Crippen LogP contribution in [0.25, 0.3) is 11.0 Å². The second-order valence-electron chi connectivity index (χ2n) is 9.75. The van der Waals surface area contributed by atoms with Gasteiger partial charge in [0.15, 0.2) is 5.43 Å². The van der Waals surface area contributed by atoms with Crippen LogP contribution in [0.4, 0.5) is 23.7 Å². The summed E-state index contributed by atoms with van der Waals surface area (Å²) >= 11 is 0. The molecule has 0 aliphatic heterocycles. The molecule has 3 aromatic carbocycles. The van der Waals surface area contributed by atoms with E-state index in [9.17, 15) is 27.6 Å². The molecule has 0 unspecified atom stereocenters. The van der Waals surface area contributed by atoms with Crippen LogP contribution >= 0.6 is 0 Å². The molecule has 3 amide bonds. The van der Waals surface area contributed by atoms with Gasteiger partial charge >= 0.3 is 12.2 Å². The minimum Gasteiger partial charge on any atom is -0.464 e. The Kier molecular flexibility index (Phi) is 9.64. The molecular formula is C31H30F3N3O5. The molecule has 0 saturated heterocycles. The van der Waals surface area contributed by atoms with Crippen LogP contribution in [0, 0.1) is 6.92 Å². The number of hydrogen-bond acceptors (Lipinski definition) is 5. The maximum absolute atomic E-state index is 13.7. The number of anilines is 1. The fourth-order valence-electron chi connectivity index (χ4n) is 4.33. The first-order valence-corrected chi connectivity index (χ1v) is 13.1. The Balaban J connectivity index is 1.59. The molecule has 0 atom stereocenters. The molecule has 0 spiro atoms. The van der Waals surface area contributed by atoms with Crippen LogP contribution in [0.2, 0.25) is 0 Å². The number of fused-ring (bicyclic) bond motifs is 1. The van der Waals surface area contributed by atoms with Crippen molar-refractivity contribution in [1.82, 2.24) is 9.80 Å². The van der Waals surface area contributed by atoms with Crippen LogP contribution in [0.1, 0.15) is 22.3 Å². The summed E-state index contributed by atoms with van der Waals surface area (Å²) in [7, 11) is 1.42. The number of methoxy groups -OCH3 is 1. The average molecular weight is 582 g/mol. The summed E-state index contributed by atoms with van der Waals surface area (Å²) in [4.78, 5) is 42.7. The van der Waals surface area contributed by atoms with Gasteiger partial charge in [-0.05, 0) is 42.8 Å². The first-order chi connectivity index (χ1) is 20.0. The minimum absolute atomic E-state index is 0.0103. The van der Waals surface area contributed by atoms with Crippen molar-refractivity contribution in [3.05, 3.63) is 112 Å². The van der Waals surface area contributed by atoms with Gasteiger partial charge < -0.3 is 24.3 Å². The molecular weight excluding hydrogens is 551 g/mol. The molecule has 0 radical (unpaired) electrons. The van der Waals surface area contributed by atoms with Crippen LogP contribution in [0.3, 0.4) is 0 Å². The van der Waals surface area contributed by atoms with E-state index in [-0.39, 0.29) is 42.9 Å². The van der Waals surface area contributed by atoms with Crippen molar-refractivity contribution in [1.29, 1.82) is 0 Å². The zero-order chi connectivity index (χ0) is 30.3. The molecule has 11 heteroatoms. The lowest BCUT2D eigenvalue weighted by molar-refractivity contribution is -0.137. The molecule has 0 bridgehead atoms. The number of amides is 3. The molecule has 1 heterocycles. The van der Waals surface area contributed by atoms with Gasteiger partial charge in [-0.25, -0.2) is 4.79 Å². The van der Waals surface area contributed by atoms with E-state index < -0.39 is 30.2 Å². The molecule has 0 saturated carbocycles. The van der Waals surface area contributed by atoms with Crippen molar-refractivity contribution in [3.63, 3.8) is 0 Å². The quantitative estimate of drug-likeness (QED) is 0.255. The van der Waals surface area contributed by atoms with Crippen LogP contribution in [-0.4, -0.2) is 48.5 Å². The van der Waals surface area contributed by atoms with E-state index in [1.54, 1.807) is 12.1 Å². The highest BCUT2D eigenvalue weighted by Crippen LogP contribution is 2.30. The van der Waals surface area contributed by atoms with Gasteiger partial charge in [-0.15, -0.1) is 0 Å². The molecule has 220 valence electrons. The number of rotatable bonds is 10. The zero-order valence-corrected chi connectivity index (χ0v) is 23.1.